The molecule has 0 saturated heterocycles. The van der Waals surface area contributed by atoms with Crippen LogP contribution in [0.4, 0.5) is 0 Å². The van der Waals surface area contributed by atoms with Gasteiger partial charge >= 0.3 is 11.9 Å². The van der Waals surface area contributed by atoms with Crippen LogP contribution in [-0.2, 0) is 33.3 Å². The summed E-state index contributed by atoms with van der Waals surface area (Å²) in [6.07, 6.45) is 47.7. The molecule has 356 valence electrons. The van der Waals surface area contributed by atoms with Gasteiger partial charge in [0.05, 0.1) is 40.3 Å². The summed E-state index contributed by atoms with van der Waals surface area (Å²) in [7, 11) is 5.91. The molecule has 2 unspecified atom stereocenters. The number of esters is 2. The van der Waals surface area contributed by atoms with E-state index in [1.807, 2.05) is 21.1 Å². The van der Waals surface area contributed by atoms with Crippen LogP contribution in [0.2, 0.25) is 0 Å². The number of carbonyl (C=O) groups is 3. The second-order valence-corrected chi connectivity index (χ2v) is 18.1. The van der Waals surface area contributed by atoms with Gasteiger partial charge in [0, 0.05) is 12.8 Å². The molecule has 0 aromatic rings. The molecule has 9 heteroatoms. The van der Waals surface area contributed by atoms with E-state index in [2.05, 4.69) is 50.3 Å². The maximum atomic E-state index is 12.8. The first-order valence-electron chi connectivity index (χ1n) is 25.1. The number of hydrogen-bond acceptors (Lipinski definition) is 8. The summed E-state index contributed by atoms with van der Waals surface area (Å²) in [6.45, 7) is 4.71. The molecule has 0 aromatic carbocycles. The molecule has 2 atom stereocenters. The van der Waals surface area contributed by atoms with Crippen LogP contribution in [0.3, 0.4) is 0 Å². The molecule has 0 spiro atoms. The van der Waals surface area contributed by atoms with E-state index in [-0.39, 0.29) is 32.2 Å². The zero-order valence-electron chi connectivity index (χ0n) is 40.3. The van der Waals surface area contributed by atoms with E-state index in [9.17, 15) is 19.5 Å². The first-order valence-corrected chi connectivity index (χ1v) is 25.1. The van der Waals surface area contributed by atoms with Crippen LogP contribution in [0.25, 0.3) is 0 Å². The molecule has 0 saturated carbocycles. The van der Waals surface area contributed by atoms with Crippen molar-refractivity contribution in [1.29, 1.82) is 0 Å². The van der Waals surface area contributed by atoms with Gasteiger partial charge in [-0.15, -0.1) is 0 Å². The predicted molar refractivity (Wildman–Crippen MR) is 251 cm³/mol. The number of nitrogens with zero attached hydrogens (tertiary/aromatic N) is 1. The number of allylic oxidation sites excluding steroid dienone is 6. The minimum atomic E-state index is -1.62. The van der Waals surface area contributed by atoms with Crippen LogP contribution in [0, 0.1) is 0 Å². The molecule has 0 N–H and O–H groups in total. The van der Waals surface area contributed by atoms with Crippen LogP contribution < -0.4 is 5.11 Å². The number of carbonyl (C=O) groups excluding carboxylic acids is 3. The van der Waals surface area contributed by atoms with Gasteiger partial charge in [0.1, 0.15) is 13.2 Å². The van der Waals surface area contributed by atoms with Crippen molar-refractivity contribution in [2.75, 3.05) is 47.5 Å². The summed E-state index contributed by atoms with van der Waals surface area (Å²) in [5.74, 6) is -2.28. The normalized spacial score (nSPS) is 13.1. The van der Waals surface area contributed by atoms with Gasteiger partial charge in [0.15, 0.2) is 12.4 Å². The fourth-order valence-corrected chi connectivity index (χ4v) is 6.95. The summed E-state index contributed by atoms with van der Waals surface area (Å²) in [5.41, 5.74) is 0. The molecule has 61 heavy (non-hydrogen) atoms. The lowest BCUT2D eigenvalue weighted by molar-refractivity contribution is -0.870. The smallest absolute Gasteiger partial charge is 0.306 e. The minimum absolute atomic E-state index is 0.148. The number of hydrogen-bond donors (Lipinski definition) is 0. The van der Waals surface area contributed by atoms with Crippen molar-refractivity contribution < 1.29 is 42.9 Å². The van der Waals surface area contributed by atoms with Crippen LogP contribution in [0.15, 0.2) is 36.5 Å². The molecular weight excluding hydrogens is 767 g/mol. The van der Waals surface area contributed by atoms with Crippen molar-refractivity contribution in [3.8, 4) is 0 Å². The van der Waals surface area contributed by atoms with Crippen LogP contribution in [-0.4, -0.2) is 82.3 Å². The number of likely N-dealkylation sites (N-methyl/N-ethyl adjacent to an activating group) is 1. The van der Waals surface area contributed by atoms with Crippen molar-refractivity contribution in [2.45, 2.75) is 232 Å². The van der Waals surface area contributed by atoms with Crippen molar-refractivity contribution in [2.24, 2.45) is 0 Å². The minimum Gasteiger partial charge on any atom is -0.545 e. The Morgan fingerprint density at radius 2 is 0.885 bits per heavy atom. The highest BCUT2D eigenvalue weighted by Gasteiger charge is 2.22. The standard InChI is InChI=1S/C52H95NO8/c1-6-8-10-12-14-16-17-18-19-20-21-22-23-24-25-26-27-28-29-30-31-32-33-35-37-39-41-43-50(55)61-48(47-60-52(51(56)57)58-45-44-53(3,4)5)46-59-49(54)42-40-38-36-34-15-13-11-9-7-2/h17-18,20-21,23-24,48,52H,6-16,19,22,25-47H2,1-5H3/b18-17-,21-20-,24-23-. The monoisotopic (exact) mass is 862 g/mol. The largest absolute Gasteiger partial charge is 0.545 e. The third-order valence-electron chi connectivity index (χ3n) is 10.9. The molecule has 9 nitrogen and oxygen atoms in total. The average Bonchev–Trinajstić information content (AvgIpc) is 3.22. The van der Waals surface area contributed by atoms with Crippen LogP contribution >= 0.6 is 0 Å². The highest BCUT2D eigenvalue weighted by atomic mass is 16.7. The second-order valence-electron chi connectivity index (χ2n) is 18.1. The van der Waals surface area contributed by atoms with Gasteiger partial charge in [-0.25, -0.2) is 0 Å². The Morgan fingerprint density at radius 1 is 0.492 bits per heavy atom. The molecular formula is C52H95NO8. The zero-order valence-corrected chi connectivity index (χ0v) is 40.3. The van der Waals surface area contributed by atoms with Gasteiger partial charge in [-0.05, 0) is 51.4 Å². The lowest BCUT2D eigenvalue weighted by Gasteiger charge is -2.26. The fourth-order valence-electron chi connectivity index (χ4n) is 6.95. The highest BCUT2D eigenvalue weighted by Crippen LogP contribution is 2.15. The fraction of sp³-hybridized carbons (Fsp3) is 0.827. The Balaban J connectivity index is 4.18. The zero-order chi connectivity index (χ0) is 44.9. The molecule has 0 rings (SSSR count). The van der Waals surface area contributed by atoms with Crippen molar-refractivity contribution in [3.05, 3.63) is 36.5 Å². The van der Waals surface area contributed by atoms with Gasteiger partial charge in [0.2, 0.25) is 0 Å². The van der Waals surface area contributed by atoms with Gasteiger partial charge < -0.3 is 33.3 Å². The number of carboxylic acids is 1. The van der Waals surface area contributed by atoms with E-state index in [1.54, 1.807) is 0 Å². The summed E-state index contributed by atoms with van der Waals surface area (Å²) in [6, 6.07) is 0. The topological polar surface area (TPSA) is 111 Å². The number of quaternary nitrogens is 1. The number of rotatable bonds is 46. The number of aliphatic carboxylic acids is 1. The van der Waals surface area contributed by atoms with E-state index in [1.165, 1.54) is 135 Å². The number of ether oxygens (including phenoxy) is 4. The first-order chi connectivity index (χ1) is 29.6. The maximum absolute atomic E-state index is 12.8. The van der Waals surface area contributed by atoms with E-state index in [0.717, 1.165) is 51.4 Å². The summed E-state index contributed by atoms with van der Waals surface area (Å²) >= 11 is 0. The molecule has 0 heterocycles. The lowest BCUT2D eigenvalue weighted by atomic mass is 10.0. The van der Waals surface area contributed by atoms with Gasteiger partial charge in [0.25, 0.3) is 0 Å². The molecule has 0 amide bonds. The van der Waals surface area contributed by atoms with Crippen molar-refractivity contribution in [1.82, 2.24) is 0 Å². The van der Waals surface area contributed by atoms with Crippen LogP contribution in [0.5, 0.6) is 0 Å². The molecule has 0 bridgehead atoms. The Bertz CT molecular complexity index is 1100. The average molecular weight is 862 g/mol. The number of carboxylic acid groups (broad SMARTS) is 1. The Labute approximate surface area is 375 Å². The maximum Gasteiger partial charge on any atom is 0.306 e. The molecule has 0 aliphatic carbocycles. The third-order valence-corrected chi connectivity index (χ3v) is 10.9. The summed E-state index contributed by atoms with van der Waals surface area (Å²) < 4.78 is 22.5. The third kappa shape index (κ3) is 45.4. The molecule has 0 radical (unpaired) electrons. The second kappa shape index (κ2) is 44.1. The number of unbranched alkanes of at least 4 members (excludes halogenated alkanes) is 25. The SMILES string of the molecule is CCCCCCC/C=C\C/C=C\C/C=C\CCCCCCCCCCCCCCC(=O)OC(COC(=O)CCCCCCCCCCC)COC(OCC[N+](C)(C)C)C(=O)[O-]. The lowest BCUT2D eigenvalue weighted by Crippen LogP contribution is -2.44. The summed E-state index contributed by atoms with van der Waals surface area (Å²) in [4.78, 5) is 36.9. The Kier molecular flexibility index (Phi) is 42.3. The van der Waals surface area contributed by atoms with E-state index in [4.69, 9.17) is 18.9 Å². The van der Waals surface area contributed by atoms with Crippen LogP contribution in [0.1, 0.15) is 219 Å². The first kappa shape index (κ1) is 58.5. The van der Waals surface area contributed by atoms with Crippen molar-refractivity contribution >= 4 is 17.9 Å². The predicted octanol–water partition coefficient (Wildman–Crippen LogP) is 12.4. The van der Waals surface area contributed by atoms with Crippen molar-refractivity contribution in [3.63, 3.8) is 0 Å². The summed E-state index contributed by atoms with van der Waals surface area (Å²) in [5, 5.41) is 11.7. The van der Waals surface area contributed by atoms with E-state index < -0.39 is 24.3 Å². The Hall–Kier alpha value is -2.49. The van der Waals surface area contributed by atoms with Gasteiger partial charge in [-0.1, -0.05) is 192 Å². The quantitative estimate of drug-likeness (QED) is 0.0196. The van der Waals surface area contributed by atoms with E-state index in [0.29, 0.717) is 23.9 Å². The molecule has 0 fully saturated rings. The van der Waals surface area contributed by atoms with Gasteiger partial charge in [-0.3, -0.25) is 9.59 Å². The molecule has 0 aliphatic rings. The Morgan fingerprint density at radius 3 is 1.31 bits per heavy atom. The molecule has 0 aliphatic heterocycles. The van der Waals surface area contributed by atoms with E-state index >= 15 is 0 Å². The highest BCUT2D eigenvalue weighted by molar-refractivity contribution is 5.70. The molecule has 0 aromatic heterocycles. The van der Waals surface area contributed by atoms with Gasteiger partial charge in [-0.2, -0.15) is 0 Å².